The topological polar surface area (TPSA) is 394 Å². The first-order valence-corrected chi connectivity index (χ1v) is 17.9. The summed E-state index contributed by atoms with van der Waals surface area (Å²) in [5, 5.41) is 55.8. The minimum atomic E-state index is -5.49. The van der Waals surface area contributed by atoms with Gasteiger partial charge in [-0.3, -0.25) is 38.4 Å². The Bertz CT molecular complexity index is 2510. The number of non-ortho nitro benzene ring substituents is 2. The van der Waals surface area contributed by atoms with E-state index in [1.165, 1.54) is 0 Å². The van der Waals surface area contributed by atoms with Gasteiger partial charge in [-0.1, -0.05) is 0 Å². The van der Waals surface area contributed by atoms with Gasteiger partial charge in [0.25, 0.3) is 51.8 Å². The average Bonchev–Trinajstić information content (AvgIpc) is 2.97. The number of hydrogen-bond acceptors (Lipinski definition) is 18. The summed E-state index contributed by atoms with van der Waals surface area (Å²) in [5.74, 6) is -2.95. The number of aromatic hydroxyl groups is 2. The number of fused-ring (bicyclic) bond motifs is 1. The molecule has 4 aromatic rings. The Kier molecular flexibility index (Phi) is 13.5. The summed E-state index contributed by atoms with van der Waals surface area (Å²) < 4.78 is 135. The van der Waals surface area contributed by atoms with E-state index in [1.54, 1.807) is 0 Å². The second-order valence-corrected chi connectivity index (χ2v) is 14.9. The smallest absolute Gasteiger partial charge is 0.505 e. The molecule has 0 aliphatic heterocycles. The Hall–Kier alpha value is -3.62. The van der Waals surface area contributed by atoms with Gasteiger partial charge < -0.3 is 10.2 Å². The maximum atomic E-state index is 12.2. The van der Waals surface area contributed by atoms with Crippen LogP contribution in [0.4, 0.5) is 34.1 Å². The van der Waals surface area contributed by atoms with Crippen LogP contribution in [0.1, 0.15) is 0 Å². The van der Waals surface area contributed by atoms with Crippen LogP contribution in [0.25, 0.3) is 10.8 Å². The van der Waals surface area contributed by atoms with Crippen molar-refractivity contribution in [1.29, 1.82) is 0 Å². The molecule has 6 N–H and O–H groups in total. The first kappa shape index (κ1) is 44.5. The SMILES string of the molecule is O=[N+]([O-])c1ccc(N=Nc2c(S(=O)(=O)O)cc3cc(S(=O)(=O)O)c(N=Nc4ccc([N+](=O)[O-])cc4S(=O)(=O)O)c(O)c3c2O)c(S(=O)(=O)O)c1.[Na+].[Na+]. The van der Waals surface area contributed by atoms with Gasteiger partial charge in [-0.05, 0) is 29.7 Å². The number of benzene rings is 4. The van der Waals surface area contributed by atoms with E-state index in [0.717, 1.165) is 0 Å². The predicted molar refractivity (Wildman–Crippen MR) is 161 cm³/mol. The zero-order chi connectivity index (χ0) is 37.7. The van der Waals surface area contributed by atoms with Crippen LogP contribution in [-0.2, 0) is 40.5 Å². The Balaban J connectivity index is 0.00000468. The van der Waals surface area contributed by atoms with Crippen LogP contribution in [0, 0.1) is 20.2 Å². The van der Waals surface area contributed by atoms with Crippen LogP contribution in [0.3, 0.4) is 0 Å². The van der Waals surface area contributed by atoms with Crippen LogP contribution >= 0.6 is 0 Å². The Morgan fingerprint density at radius 3 is 1.08 bits per heavy atom. The van der Waals surface area contributed by atoms with Crippen molar-refractivity contribution in [2.75, 3.05) is 0 Å². The summed E-state index contributed by atoms with van der Waals surface area (Å²) in [4.78, 5) is 14.8. The third-order valence-electron chi connectivity index (χ3n) is 6.19. The molecule has 24 nitrogen and oxygen atoms in total. The largest absolute Gasteiger partial charge is 1.00 e. The van der Waals surface area contributed by atoms with Gasteiger partial charge in [-0.2, -0.15) is 33.7 Å². The molecule has 52 heavy (non-hydrogen) atoms. The minimum absolute atomic E-state index is 0. The molecule has 0 bridgehead atoms. The van der Waals surface area contributed by atoms with Crippen molar-refractivity contribution >= 4 is 85.4 Å². The van der Waals surface area contributed by atoms with Crippen molar-refractivity contribution in [2.24, 2.45) is 20.5 Å². The number of phenolic OH excluding ortho intramolecular Hbond substituents is 2. The fraction of sp³-hybridized carbons (Fsp3) is 0. The van der Waals surface area contributed by atoms with Crippen LogP contribution < -0.4 is 59.1 Å². The molecule has 0 saturated heterocycles. The first-order valence-electron chi connectivity index (χ1n) is 12.2. The van der Waals surface area contributed by atoms with Crippen molar-refractivity contribution in [3.05, 3.63) is 68.8 Å². The molecule has 0 aromatic heterocycles. The summed E-state index contributed by atoms with van der Waals surface area (Å²) in [6, 6.07) is 4.06. The maximum Gasteiger partial charge on any atom is 1.00 e. The van der Waals surface area contributed by atoms with E-state index in [1.807, 2.05) is 0 Å². The van der Waals surface area contributed by atoms with E-state index < -0.39 is 126 Å². The fourth-order valence-corrected chi connectivity index (χ4v) is 6.67. The van der Waals surface area contributed by atoms with Gasteiger partial charge >= 0.3 is 59.1 Å². The van der Waals surface area contributed by atoms with E-state index in [0.29, 0.717) is 48.5 Å². The summed E-state index contributed by atoms with van der Waals surface area (Å²) in [7, 11) is -21.5. The number of phenols is 2. The zero-order valence-corrected chi connectivity index (χ0v) is 32.8. The van der Waals surface area contributed by atoms with Gasteiger partial charge in [0.05, 0.1) is 15.2 Å². The molecule has 0 aliphatic rings. The second-order valence-electron chi connectivity index (χ2n) is 9.36. The number of hydrogen-bond donors (Lipinski definition) is 6. The Morgan fingerprint density at radius 2 is 0.808 bits per heavy atom. The summed E-state index contributed by atoms with van der Waals surface area (Å²) in [6.07, 6.45) is 0. The van der Waals surface area contributed by atoms with E-state index in [-0.39, 0.29) is 59.1 Å². The maximum absolute atomic E-state index is 12.2. The minimum Gasteiger partial charge on any atom is -0.505 e. The number of nitro groups is 2. The molecule has 0 saturated carbocycles. The fourth-order valence-electron chi connectivity index (χ4n) is 4.07. The molecule has 0 fully saturated rings. The number of rotatable bonds is 10. The van der Waals surface area contributed by atoms with Gasteiger partial charge in [0.2, 0.25) is 0 Å². The zero-order valence-electron chi connectivity index (χ0n) is 25.5. The molecule has 0 atom stereocenters. The van der Waals surface area contributed by atoms with Gasteiger partial charge in [0, 0.05) is 24.3 Å². The van der Waals surface area contributed by atoms with Crippen molar-refractivity contribution in [3.63, 3.8) is 0 Å². The van der Waals surface area contributed by atoms with Crippen molar-refractivity contribution in [3.8, 4) is 11.5 Å². The van der Waals surface area contributed by atoms with Crippen molar-refractivity contribution in [1.82, 2.24) is 0 Å². The number of nitrogens with zero attached hydrogens (tertiary/aromatic N) is 6. The van der Waals surface area contributed by atoms with E-state index in [4.69, 9.17) is 0 Å². The number of azo groups is 2. The summed E-state index contributed by atoms with van der Waals surface area (Å²) in [5.41, 5.74) is -6.11. The van der Waals surface area contributed by atoms with Gasteiger partial charge in [-0.25, -0.2) is 0 Å². The molecule has 4 aromatic carbocycles. The monoisotopic (exact) mass is 824 g/mol. The molecule has 0 radical (unpaired) electrons. The van der Waals surface area contributed by atoms with Crippen LogP contribution in [-0.4, -0.2) is 71.9 Å². The molecule has 30 heteroatoms. The predicted octanol–water partition coefficient (Wildman–Crippen LogP) is -2.11. The summed E-state index contributed by atoms with van der Waals surface area (Å²) in [6.45, 7) is 0. The number of nitro benzene ring substituents is 2. The van der Waals surface area contributed by atoms with E-state index in [2.05, 4.69) is 20.5 Å². The Morgan fingerprint density at radius 1 is 0.500 bits per heavy atom. The molecule has 0 heterocycles. The normalized spacial score (nSPS) is 12.5. The van der Waals surface area contributed by atoms with E-state index in [9.17, 15) is 82.3 Å². The summed E-state index contributed by atoms with van der Waals surface area (Å²) >= 11 is 0. The molecular weight excluding hydrogens is 811 g/mol. The molecule has 0 aliphatic carbocycles. The molecule has 0 amide bonds. The average molecular weight is 825 g/mol. The van der Waals surface area contributed by atoms with Gasteiger partial charge in [0.1, 0.15) is 42.3 Å². The molecule has 264 valence electrons. The second kappa shape index (κ2) is 15.8. The first-order chi connectivity index (χ1) is 22.8. The standard InChI is InChI=1S/C22H14N6O18S4.2Na/c29-21-18-9(5-16(49(41,42)43)19(21)25-23-12-3-1-10(27(31)32)7-14(12)47(35,36)37)6-17(50(44,45)46)20(22(18)30)26-24-13-4-2-11(28(33)34)8-15(13)48(38,39)40;;/h1-8,29-30H,(H,35,36,37)(H,38,39,40)(H,41,42,43)(H,44,45,46);;/q;2*+1. The third kappa shape index (κ3) is 9.48. The third-order valence-corrected chi connectivity index (χ3v) is 9.69. The Labute approximate surface area is 333 Å². The van der Waals surface area contributed by atoms with Crippen LogP contribution in [0.15, 0.2) is 88.6 Å². The molecule has 0 spiro atoms. The van der Waals surface area contributed by atoms with Crippen molar-refractivity contribution < 1.29 is 131 Å². The van der Waals surface area contributed by atoms with Crippen LogP contribution in [0.2, 0.25) is 0 Å². The molecular formula is C22H14N6Na2O18S4+2. The van der Waals surface area contributed by atoms with Gasteiger partial charge in [-0.15, -0.1) is 20.5 Å². The molecule has 0 unspecified atom stereocenters. The van der Waals surface area contributed by atoms with E-state index >= 15 is 0 Å². The molecule has 4 rings (SSSR count). The quantitative estimate of drug-likeness (QED) is 0.0328. The van der Waals surface area contributed by atoms with Gasteiger partial charge in [0.15, 0.2) is 11.5 Å². The van der Waals surface area contributed by atoms with Crippen molar-refractivity contribution in [2.45, 2.75) is 19.6 Å². The van der Waals surface area contributed by atoms with Crippen LogP contribution in [0.5, 0.6) is 11.5 Å².